The summed E-state index contributed by atoms with van der Waals surface area (Å²) in [5.41, 5.74) is 6.41. The van der Waals surface area contributed by atoms with Crippen LogP contribution in [0.2, 0.25) is 0 Å². The van der Waals surface area contributed by atoms with Gasteiger partial charge in [-0.1, -0.05) is 36.8 Å². The van der Waals surface area contributed by atoms with E-state index in [0.29, 0.717) is 5.56 Å². The molecule has 3 N–H and O–H groups in total. The zero-order chi connectivity index (χ0) is 16.2. The molecular formula is C16H22ClF3N2O. The molecule has 7 heteroatoms. The van der Waals surface area contributed by atoms with Crippen molar-refractivity contribution in [3.8, 4) is 0 Å². The van der Waals surface area contributed by atoms with E-state index in [0.717, 1.165) is 19.3 Å². The Kier molecular flexibility index (Phi) is 7.35. The van der Waals surface area contributed by atoms with E-state index in [1.165, 1.54) is 0 Å². The molecule has 0 radical (unpaired) electrons. The van der Waals surface area contributed by atoms with E-state index in [2.05, 4.69) is 5.32 Å². The van der Waals surface area contributed by atoms with E-state index in [1.54, 1.807) is 30.3 Å². The van der Waals surface area contributed by atoms with Crippen LogP contribution in [0.25, 0.3) is 0 Å². The Labute approximate surface area is 140 Å². The van der Waals surface area contributed by atoms with Crippen molar-refractivity contribution in [3.63, 3.8) is 0 Å². The largest absolute Gasteiger partial charge is 0.408 e. The Hall–Kier alpha value is -1.27. The zero-order valence-corrected chi connectivity index (χ0v) is 13.5. The lowest BCUT2D eigenvalue weighted by Gasteiger charge is -2.23. The fourth-order valence-electron chi connectivity index (χ4n) is 2.91. The zero-order valence-electron chi connectivity index (χ0n) is 12.7. The Balaban J connectivity index is 0.00000264. The molecule has 1 saturated carbocycles. The highest BCUT2D eigenvalue weighted by Gasteiger charge is 2.41. The monoisotopic (exact) mass is 350 g/mol. The number of rotatable bonds is 5. The molecule has 130 valence electrons. The predicted octanol–water partition coefficient (Wildman–Crippen LogP) is 3.22. The van der Waals surface area contributed by atoms with Gasteiger partial charge in [0.05, 0.1) is 0 Å². The van der Waals surface area contributed by atoms with Crippen LogP contribution in [0.1, 0.15) is 31.2 Å². The molecule has 0 spiro atoms. The number of hydrogen-bond acceptors (Lipinski definition) is 2. The highest BCUT2D eigenvalue weighted by atomic mass is 35.5. The van der Waals surface area contributed by atoms with Crippen LogP contribution in [0.3, 0.4) is 0 Å². The molecule has 0 bridgehead atoms. The van der Waals surface area contributed by atoms with E-state index < -0.39 is 18.1 Å². The fraction of sp³-hybridized carbons (Fsp3) is 0.562. The van der Waals surface area contributed by atoms with E-state index in [-0.39, 0.29) is 37.2 Å². The smallest absolute Gasteiger partial charge is 0.344 e. The van der Waals surface area contributed by atoms with Crippen molar-refractivity contribution in [2.75, 3.05) is 0 Å². The van der Waals surface area contributed by atoms with Crippen LogP contribution in [0, 0.1) is 5.92 Å². The molecule has 1 amide bonds. The van der Waals surface area contributed by atoms with Crippen LogP contribution in [-0.4, -0.2) is 24.2 Å². The topological polar surface area (TPSA) is 55.1 Å². The van der Waals surface area contributed by atoms with Gasteiger partial charge < -0.3 is 11.1 Å². The number of alkyl halides is 3. The Morgan fingerprint density at radius 3 is 2.43 bits per heavy atom. The van der Waals surface area contributed by atoms with E-state index in [4.69, 9.17) is 5.73 Å². The summed E-state index contributed by atoms with van der Waals surface area (Å²) in [5.74, 6) is -0.578. The summed E-state index contributed by atoms with van der Waals surface area (Å²) in [4.78, 5) is 11.9. The number of carbonyl (C=O) groups is 1. The molecule has 1 aromatic rings. The fourth-order valence-corrected chi connectivity index (χ4v) is 2.91. The molecule has 23 heavy (non-hydrogen) atoms. The molecule has 3 atom stereocenters. The molecule has 0 aliphatic heterocycles. The molecule has 1 aliphatic carbocycles. The van der Waals surface area contributed by atoms with Crippen molar-refractivity contribution in [3.05, 3.63) is 35.9 Å². The van der Waals surface area contributed by atoms with Gasteiger partial charge in [-0.25, -0.2) is 0 Å². The number of hydrogen-bond donors (Lipinski definition) is 2. The lowest BCUT2D eigenvalue weighted by molar-refractivity contribution is -0.161. The summed E-state index contributed by atoms with van der Waals surface area (Å²) in [6.07, 6.45) is -2.07. The van der Waals surface area contributed by atoms with Gasteiger partial charge in [0.25, 0.3) is 0 Å². The highest BCUT2D eigenvalue weighted by molar-refractivity contribution is 5.85. The summed E-state index contributed by atoms with van der Waals surface area (Å²) in [6, 6.07) is 6.41. The lowest BCUT2D eigenvalue weighted by atomic mass is 9.99. The molecule has 3 nitrogen and oxygen atoms in total. The first-order valence-electron chi connectivity index (χ1n) is 7.52. The van der Waals surface area contributed by atoms with Crippen LogP contribution in [-0.2, 0) is 11.2 Å². The molecule has 0 heterocycles. The first-order valence-corrected chi connectivity index (χ1v) is 7.52. The SMILES string of the molecule is Cl.N[C@@H]1CCC[C@H]1CC(=O)NC(Cc1ccccc1)C(F)(F)F. The van der Waals surface area contributed by atoms with Crippen molar-refractivity contribution >= 4 is 18.3 Å². The van der Waals surface area contributed by atoms with Crippen LogP contribution in [0.15, 0.2) is 30.3 Å². The van der Waals surface area contributed by atoms with Gasteiger partial charge in [-0.3, -0.25) is 4.79 Å². The normalized spacial score (nSPS) is 22.3. The van der Waals surface area contributed by atoms with E-state index in [9.17, 15) is 18.0 Å². The summed E-state index contributed by atoms with van der Waals surface area (Å²) in [6.45, 7) is 0. The first kappa shape index (κ1) is 19.8. The van der Waals surface area contributed by atoms with E-state index >= 15 is 0 Å². The summed E-state index contributed by atoms with van der Waals surface area (Å²) >= 11 is 0. The number of benzene rings is 1. The lowest BCUT2D eigenvalue weighted by Crippen LogP contribution is -2.47. The molecule has 0 saturated heterocycles. The molecule has 1 aromatic carbocycles. The number of nitrogens with one attached hydrogen (secondary N) is 1. The molecule has 2 rings (SSSR count). The van der Waals surface area contributed by atoms with Crippen molar-refractivity contribution < 1.29 is 18.0 Å². The van der Waals surface area contributed by atoms with Crippen LogP contribution in [0.4, 0.5) is 13.2 Å². The third-order valence-electron chi connectivity index (χ3n) is 4.18. The van der Waals surface area contributed by atoms with Crippen molar-refractivity contribution in [2.45, 2.75) is 50.4 Å². The number of carbonyl (C=O) groups excluding carboxylic acids is 1. The predicted molar refractivity (Wildman–Crippen MR) is 85.3 cm³/mol. The Morgan fingerprint density at radius 2 is 1.91 bits per heavy atom. The highest BCUT2D eigenvalue weighted by Crippen LogP contribution is 2.28. The number of nitrogens with two attached hydrogens (primary N) is 1. The minimum absolute atomic E-state index is 0. The third-order valence-corrected chi connectivity index (χ3v) is 4.18. The first-order chi connectivity index (χ1) is 10.4. The summed E-state index contributed by atoms with van der Waals surface area (Å²) in [5, 5.41) is 2.13. The number of amides is 1. The number of halogens is 4. The van der Waals surface area contributed by atoms with Crippen LogP contribution in [0.5, 0.6) is 0 Å². The Morgan fingerprint density at radius 1 is 1.26 bits per heavy atom. The maximum atomic E-state index is 13.1. The minimum Gasteiger partial charge on any atom is -0.344 e. The van der Waals surface area contributed by atoms with Gasteiger partial charge in [-0.05, 0) is 24.3 Å². The van der Waals surface area contributed by atoms with Crippen molar-refractivity contribution in [2.24, 2.45) is 11.7 Å². The summed E-state index contributed by atoms with van der Waals surface area (Å²) < 4.78 is 39.4. The standard InChI is InChI=1S/C16H21F3N2O.ClH/c17-16(18,19)14(9-11-5-2-1-3-6-11)21-15(22)10-12-7-4-8-13(12)20;/h1-3,5-6,12-14H,4,7-10,20H2,(H,21,22);1H/t12-,13+,14?;/m0./s1. The summed E-state index contributed by atoms with van der Waals surface area (Å²) in [7, 11) is 0. The minimum atomic E-state index is -4.47. The molecule has 1 aliphatic rings. The second-order valence-electron chi connectivity index (χ2n) is 5.91. The van der Waals surface area contributed by atoms with Crippen LogP contribution >= 0.6 is 12.4 Å². The second-order valence-corrected chi connectivity index (χ2v) is 5.91. The molecular weight excluding hydrogens is 329 g/mol. The second kappa shape index (κ2) is 8.55. The maximum absolute atomic E-state index is 13.1. The molecule has 0 aromatic heterocycles. The van der Waals surface area contributed by atoms with Gasteiger partial charge in [0, 0.05) is 18.9 Å². The van der Waals surface area contributed by atoms with Crippen LogP contribution < -0.4 is 11.1 Å². The maximum Gasteiger partial charge on any atom is 0.408 e. The quantitative estimate of drug-likeness (QED) is 0.856. The van der Waals surface area contributed by atoms with Crippen molar-refractivity contribution in [1.29, 1.82) is 0 Å². The average molecular weight is 351 g/mol. The van der Waals surface area contributed by atoms with Gasteiger partial charge in [0.15, 0.2) is 0 Å². The van der Waals surface area contributed by atoms with Gasteiger partial charge in [0.2, 0.25) is 5.91 Å². The third kappa shape index (κ3) is 6.03. The van der Waals surface area contributed by atoms with E-state index in [1.807, 2.05) is 0 Å². The van der Waals surface area contributed by atoms with Gasteiger partial charge in [0.1, 0.15) is 6.04 Å². The van der Waals surface area contributed by atoms with Crippen molar-refractivity contribution in [1.82, 2.24) is 5.32 Å². The van der Waals surface area contributed by atoms with Gasteiger partial charge >= 0.3 is 6.18 Å². The molecule has 1 unspecified atom stereocenters. The average Bonchev–Trinajstić information content (AvgIpc) is 2.83. The van der Waals surface area contributed by atoms with Gasteiger partial charge in [-0.2, -0.15) is 13.2 Å². The van der Waals surface area contributed by atoms with Gasteiger partial charge in [-0.15, -0.1) is 12.4 Å². The molecule has 1 fully saturated rings. The Bertz CT molecular complexity index is 496.